The Bertz CT molecular complexity index is 543. The second kappa shape index (κ2) is 4.44. The number of hydrogen-bond acceptors (Lipinski definition) is 1. The molecule has 1 nitrogen and oxygen atoms in total. The summed E-state index contributed by atoms with van der Waals surface area (Å²) in [6, 6.07) is 9.00. The molecule has 0 aromatic heterocycles. The molecule has 0 unspecified atom stereocenters. The zero-order valence-corrected chi connectivity index (χ0v) is 10.4. The molecule has 0 aliphatic rings. The quantitative estimate of drug-likeness (QED) is 0.815. The molecule has 2 rings (SSSR count). The molecule has 2 aromatic carbocycles. The summed E-state index contributed by atoms with van der Waals surface area (Å²) in [5.41, 5.74) is 1.07. The SMILES string of the molecule is Oc1ccc(F)cc1-c1cccc(Cl)c1Br. The lowest BCUT2D eigenvalue weighted by atomic mass is 10.0. The largest absolute Gasteiger partial charge is 0.507 e. The second-order valence-electron chi connectivity index (χ2n) is 3.26. The van der Waals surface area contributed by atoms with Crippen LogP contribution in [-0.2, 0) is 0 Å². The van der Waals surface area contributed by atoms with Gasteiger partial charge in [-0.05, 0) is 40.2 Å². The van der Waals surface area contributed by atoms with Crippen molar-refractivity contribution in [3.8, 4) is 16.9 Å². The van der Waals surface area contributed by atoms with Crippen LogP contribution < -0.4 is 0 Å². The van der Waals surface area contributed by atoms with Crippen LogP contribution in [0.5, 0.6) is 5.75 Å². The maximum absolute atomic E-state index is 13.1. The lowest BCUT2D eigenvalue weighted by Gasteiger charge is -2.08. The minimum Gasteiger partial charge on any atom is -0.507 e. The lowest BCUT2D eigenvalue weighted by Crippen LogP contribution is -1.84. The third kappa shape index (κ3) is 2.06. The predicted molar refractivity (Wildman–Crippen MR) is 66.2 cm³/mol. The van der Waals surface area contributed by atoms with E-state index in [0.717, 1.165) is 0 Å². The average Bonchev–Trinajstić information content (AvgIpc) is 2.26. The van der Waals surface area contributed by atoms with Gasteiger partial charge in [-0.25, -0.2) is 4.39 Å². The van der Waals surface area contributed by atoms with Crippen molar-refractivity contribution in [2.75, 3.05) is 0 Å². The Morgan fingerprint density at radius 1 is 1.12 bits per heavy atom. The van der Waals surface area contributed by atoms with Crippen LogP contribution in [0, 0.1) is 5.82 Å². The molecule has 0 saturated heterocycles. The summed E-state index contributed by atoms with van der Waals surface area (Å²) >= 11 is 9.24. The van der Waals surface area contributed by atoms with Crippen LogP contribution in [0.2, 0.25) is 5.02 Å². The smallest absolute Gasteiger partial charge is 0.124 e. The molecular weight excluding hydrogens is 294 g/mol. The molecular formula is C12H7BrClFO. The highest BCUT2D eigenvalue weighted by Gasteiger charge is 2.10. The summed E-state index contributed by atoms with van der Waals surface area (Å²) in [5.74, 6) is -0.385. The van der Waals surface area contributed by atoms with E-state index < -0.39 is 5.82 Å². The second-order valence-corrected chi connectivity index (χ2v) is 4.46. The van der Waals surface area contributed by atoms with Crippen LogP contribution in [0.15, 0.2) is 40.9 Å². The third-order valence-electron chi connectivity index (χ3n) is 2.20. The molecule has 0 radical (unpaired) electrons. The van der Waals surface area contributed by atoms with E-state index in [1.165, 1.54) is 18.2 Å². The van der Waals surface area contributed by atoms with Gasteiger partial charge in [0.05, 0.1) is 5.02 Å². The first-order valence-corrected chi connectivity index (χ1v) is 5.69. The molecule has 0 aliphatic carbocycles. The van der Waals surface area contributed by atoms with E-state index >= 15 is 0 Å². The average molecular weight is 302 g/mol. The molecule has 0 fully saturated rings. The first kappa shape index (κ1) is 11.4. The Balaban J connectivity index is 2.67. The van der Waals surface area contributed by atoms with Crippen molar-refractivity contribution in [3.63, 3.8) is 0 Å². The van der Waals surface area contributed by atoms with Crippen molar-refractivity contribution in [1.82, 2.24) is 0 Å². The molecule has 82 valence electrons. The molecule has 16 heavy (non-hydrogen) atoms. The summed E-state index contributed by atoms with van der Waals surface area (Å²) < 4.78 is 13.7. The van der Waals surface area contributed by atoms with Crippen LogP contribution in [-0.4, -0.2) is 5.11 Å². The number of phenols is 1. The highest BCUT2D eigenvalue weighted by Crippen LogP contribution is 2.38. The molecule has 0 amide bonds. The minimum absolute atomic E-state index is 0.0179. The van der Waals surface area contributed by atoms with Crippen molar-refractivity contribution in [2.24, 2.45) is 0 Å². The molecule has 2 aromatic rings. The van der Waals surface area contributed by atoms with Gasteiger partial charge < -0.3 is 5.11 Å². The molecule has 0 aliphatic heterocycles. The van der Waals surface area contributed by atoms with Gasteiger partial charge in [0.15, 0.2) is 0 Å². The Morgan fingerprint density at radius 3 is 2.62 bits per heavy atom. The number of hydrogen-bond donors (Lipinski definition) is 1. The van der Waals surface area contributed by atoms with Gasteiger partial charge in [-0.2, -0.15) is 0 Å². The van der Waals surface area contributed by atoms with E-state index in [9.17, 15) is 9.50 Å². The number of rotatable bonds is 1. The van der Waals surface area contributed by atoms with Gasteiger partial charge in [0, 0.05) is 15.6 Å². The topological polar surface area (TPSA) is 20.2 Å². The number of benzene rings is 2. The number of aromatic hydroxyl groups is 1. The van der Waals surface area contributed by atoms with E-state index in [1.807, 2.05) is 0 Å². The first-order chi connectivity index (χ1) is 7.59. The van der Waals surface area contributed by atoms with E-state index in [1.54, 1.807) is 18.2 Å². The normalized spacial score (nSPS) is 10.4. The molecule has 0 bridgehead atoms. The van der Waals surface area contributed by atoms with Gasteiger partial charge in [-0.3, -0.25) is 0 Å². The van der Waals surface area contributed by atoms with E-state index in [-0.39, 0.29) is 5.75 Å². The van der Waals surface area contributed by atoms with Gasteiger partial charge in [0.1, 0.15) is 11.6 Å². The van der Waals surface area contributed by atoms with Gasteiger partial charge >= 0.3 is 0 Å². The molecule has 1 N–H and O–H groups in total. The Labute approximate surface area is 106 Å². The fraction of sp³-hybridized carbons (Fsp3) is 0. The minimum atomic E-state index is -0.403. The zero-order chi connectivity index (χ0) is 11.7. The fourth-order valence-electron chi connectivity index (χ4n) is 1.44. The molecule has 0 spiro atoms. The van der Waals surface area contributed by atoms with Crippen LogP contribution in [0.4, 0.5) is 4.39 Å². The third-order valence-corrected chi connectivity index (χ3v) is 3.60. The Morgan fingerprint density at radius 2 is 1.88 bits per heavy atom. The molecule has 0 heterocycles. The van der Waals surface area contributed by atoms with Gasteiger partial charge in [0.2, 0.25) is 0 Å². The van der Waals surface area contributed by atoms with Crippen molar-refractivity contribution in [2.45, 2.75) is 0 Å². The predicted octanol–water partition coefficient (Wildman–Crippen LogP) is 4.61. The molecule has 4 heteroatoms. The van der Waals surface area contributed by atoms with E-state index in [4.69, 9.17) is 11.6 Å². The summed E-state index contributed by atoms with van der Waals surface area (Å²) in [6.45, 7) is 0. The Hall–Kier alpha value is -1.06. The van der Waals surface area contributed by atoms with Gasteiger partial charge in [-0.1, -0.05) is 23.7 Å². The Kier molecular flexibility index (Phi) is 3.17. The highest BCUT2D eigenvalue weighted by molar-refractivity contribution is 9.10. The van der Waals surface area contributed by atoms with E-state index in [0.29, 0.717) is 20.6 Å². The summed E-state index contributed by atoms with van der Waals surface area (Å²) in [7, 11) is 0. The summed E-state index contributed by atoms with van der Waals surface area (Å²) in [4.78, 5) is 0. The van der Waals surface area contributed by atoms with Crippen molar-refractivity contribution in [1.29, 1.82) is 0 Å². The lowest BCUT2D eigenvalue weighted by molar-refractivity contribution is 0.475. The highest BCUT2D eigenvalue weighted by atomic mass is 79.9. The number of phenolic OH excluding ortho intramolecular Hbond substituents is 1. The van der Waals surface area contributed by atoms with Crippen molar-refractivity contribution in [3.05, 3.63) is 51.7 Å². The summed E-state index contributed by atoms with van der Waals surface area (Å²) in [5, 5.41) is 10.2. The van der Waals surface area contributed by atoms with Crippen molar-refractivity contribution < 1.29 is 9.50 Å². The fourth-order valence-corrected chi connectivity index (χ4v) is 2.09. The number of halogens is 3. The molecule has 0 atom stereocenters. The van der Waals surface area contributed by atoms with Crippen molar-refractivity contribution >= 4 is 27.5 Å². The maximum atomic E-state index is 13.1. The monoisotopic (exact) mass is 300 g/mol. The summed E-state index contributed by atoms with van der Waals surface area (Å²) in [6.07, 6.45) is 0. The standard InChI is InChI=1S/C12H7BrClFO/c13-12-8(2-1-3-10(12)14)9-6-7(15)4-5-11(9)16/h1-6,16H. The molecule has 0 saturated carbocycles. The zero-order valence-electron chi connectivity index (χ0n) is 8.05. The van der Waals surface area contributed by atoms with Crippen LogP contribution in [0.3, 0.4) is 0 Å². The first-order valence-electron chi connectivity index (χ1n) is 4.52. The van der Waals surface area contributed by atoms with Crippen LogP contribution in [0.1, 0.15) is 0 Å². The van der Waals surface area contributed by atoms with Crippen LogP contribution in [0.25, 0.3) is 11.1 Å². The maximum Gasteiger partial charge on any atom is 0.124 e. The van der Waals surface area contributed by atoms with E-state index in [2.05, 4.69) is 15.9 Å². The van der Waals surface area contributed by atoms with Gasteiger partial charge in [-0.15, -0.1) is 0 Å². The van der Waals surface area contributed by atoms with Gasteiger partial charge in [0.25, 0.3) is 0 Å². The van der Waals surface area contributed by atoms with Crippen LogP contribution >= 0.6 is 27.5 Å².